The van der Waals surface area contributed by atoms with Crippen molar-refractivity contribution < 1.29 is 19.4 Å². The molecule has 40 heavy (non-hydrogen) atoms. The summed E-state index contributed by atoms with van der Waals surface area (Å²) in [6, 6.07) is 22.1. The molecule has 1 aliphatic heterocycles. The molecule has 0 saturated carbocycles. The van der Waals surface area contributed by atoms with Crippen molar-refractivity contribution in [3.8, 4) is 5.75 Å². The second kappa shape index (κ2) is 11.8. The molecule has 1 unspecified atom stereocenters. The molecule has 0 fully saturated rings. The van der Waals surface area contributed by atoms with E-state index in [1.54, 1.807) is 31.4 Å². The zero-order valence-corrected chi connectivity index (χ0v) is 22.6. The molecule has 0 spiro atoms. The zero-order valence-electron chi connectivity index (χ0n) is 21.9. The first-order chi connectivity index (χ1) is 19.3. The van der Waals surface area contributed by atoms with Crippen molar-refractivity contribution >= 4 is 40.1 Å². The molecule has 3 aromatic carbocycles. The number of nitrogens with one attached hydrogen (secondary N) is 1. The Kier molecular flexibility index (Phi) is 7.98. The summed E-state index contributed by atoms with van der Waals surface area (Å²) < 4.78 is 5.28. The first kappa shape index (κ1) is 27.1. The van der Waals surface area contributed by atoms with E-state index >= 15 is 0 Å². The molecule has 0 bridgehead atoms. The van der Waals surface area contributed by atoms with Gasteiger partial charge >= 0.3 is 5.97 Å². The lowest BCUT2D eigenvalue weighted by Gasteiger charge is -2.22. The smallest absolute Gasteiger partial charge is 0.303 e. The van der Waals surface area contributed by atoms with Crippen LogP contribution in [0.15, 0.2) is 82.7 Å². The number of halogens is 1. The number of aromatic amines is 1. The lowest BCUT2D eigenvalue weighted by Crippen LogP contribution is -2.27. The number of aromatic nitrogens is 1. The van der Waals surface area contributed by atoms with Crippen LogP contribution in [0.2, 0.25) is 5.02 Å². The summed E-state index contributed by atoms with van der Waals surface area (Å²) in [5, 5.41) is 16.5. The number of methoxy groups -OCH3 is 1. The Morgan fingerprint density at radius 3 is 2.50 bits per heavy atom. The summed E-state index contributed by atoms with van der Waals surface area (Å²) in [5.74, 6) is -0.828. The van der Waals surface area contributed by atoms with Gasteiger partial charge in [-0.15, -0.1) is 0 Å². The van der Waals surface area contributed by atoms with Crippen LogP contribution >= 0.6 is 11.6 Å². The molecule has 204 valence electrons. The number of benzene rings is 3. The van der Waals surface area contributed by atoms with Gasteiger partial charge in [0, 0.05) is 28.8 Å². The SMILES string of the molecule is COc1ccc(C2CC(c3c(CCc4ccccc4)c4cc(Cl)ccc4[nH]c3=O)=NN2C(=O)CCC(=O)O)cc1. The van der Waals surface area contributed by atoms with Crippen molar-refractivity contribution in [3.05, 3.63) is 110 Å². The van der Waals surface area contributed by atoms with E-state index in [1.165, 1.54) is 5.01 Å². The summed E-state index contributed by atoms with van der Waals surface area (Å²) in [6.07, 6.45) is 1.02. The van der Waals surface area contributed by atoms with E-state index in [-0.39, 0.29) is 18.4 Å². The van der Waals surface area contributed by atoms with Gasteiger partial charge in [-0.3, -0.25) is 14.4 Å². The maximum Gasteiger partial charge on any atom is 0.303 e. The van der Waals surface area contributed by atoms with Gasteiger partial charge in [-0.05, 0) is 59.9 Å². The fraction of sp³-hybridized carbons (Fsp3) is 0.226. The summed E-state index contributed by atoms with van der Waals surface area (Å²) in [4.78, 5) is 40.9. The lowest BCUT2D eigenvalue weighted by atomic mass is 9.91. The number of carboxylic acids is 1. The first-order valence-electron chi connectivity index (χ1n) is 13.0. The highest BCUT2D eigenvalue weighted by Crippen LogP contribution is 2.35. The van der Waals surface area contributed by atoms with Crippen molar-refractivity contribution in [3.63, 3.8) is 0 Å². The molecule has 0 aliphatic carbocycles. The average Bonchev–Trinajstić information content (AvgIpc) is 3.40. The van der Waals surface area contributed by atoms with Gasteiger partial charge in [0.25, 0.3) is 5.56 Å². The summed E-state index contributed by atoms with van der Waals surface area (Å²) in [6.45, 7) is 0. The number of nitrogens with zero attached hydrogens (tertiary/aromatic N) is 2. The van der Waals surface area contributed by atoms with Crippen LogP contribution in [0, 0.1) is 0 Å². The Morgan fingerprint density at radius 2 is 1.80 bits per heavy atom. The van der Waals surface area contributed by atoms with Crippen LogP contribution in [0.3, 0.4) is 0 Å². The molecule has 9 heteroatoms. The quantitative estimate of drug-likeness (QED) is 0.281. The van der Waals surface area contributed by atoms with Crippen molar-refractivity contribution in [2.24, 2.45) is 5.10 Å². The number of hydrazone groups is 1. The molecule has 2 N–H and O–H groups in total. The van der Waals surface area contributed by atoms with E-state index in [0.29, 0.717) is 46.8 Å². The number of amides is 1. The second-order valence-electron chi connectivity index (χ2n) is 9.66. The third kappa shape index (κ3) is 5.77. The predicted molar refractivity (Wildman–Crippen MR) is 154 cm³/mol. The first-order valence-corrected chi connectivity index (χ1v) is 13.4. The van der Waals surface area contributed by atoms with Crippen LogP contribution in [-0.4, -0.2) is 39.8 Å². The summed E-state index contributed by atoms with van der Waals surface area (Å²) in [5.41, 5.74) is 3.98. The highest BCUT2D eigenvalue weighted by atomic mass is 35.5. The molecule has 0 radical (unpaired) electrons. The van der Waals surface area contributed by atoms with Crippen LogP contribution < -0.4 is 10.3 Å². The molecular weight excluding hydrogens is 530 g/mol. The monoisotopic (exact) mass is 557 g/mol. The maximum absolute atomic E-state index is 13.6. The molecule has 2 heterocycles. The average molecular weight is 558 g/mol. The van der Waals surface area contributed by atoms with E-state index in [2.05, 4.69) is 10.1 Å². The molecule has 1 aliphatic rings. The van der Waals surface area contributed by atoms with E-state index < -0.39 is 17.9 Å². The molecule has 1 atom stereocenters. The third-order valence-corrected chi connectivity index (χ3v) is 7.33. The van der Waals surface area contributed by atoms with Gasteiger partial charge < -0.3 is 14.8 Å². The van der Waals surface area contributed by atoms with Gasteiger partial charge in [0.2, 0.25) is 5.91 Å². The number of H-pyrrole nitrogens is 1. The van der Waals surface area contributed by atoms with Crippen molar-refractivity contribution in [2.45, 2.75) is 38.1 Å². The number of carboxylic acid groups (broad SMARTS) is 1. The number of aryl methyl sites for hydroxylation is 2. The topological polar surface area (TPSA) is 112 Å². The number of fused-ring (bicyclic) bond motifs is 1. The largest absolute Gasteiger partial charge is 0.497 e. The number of carbonyl (C=O) groups excluding carboxylic acids is 1. The van der Waals surface area contributed by atoms with Gasteiger partial charge in [-0.1, -0.05) is 54.1 Å². The van der Waals surface area contributed by atoms with E-state index in [9.17, 15) is 14.4 Å². The molecular formula is C31H28ClN3O5. The van der Waals surface area contributed by atoms with Crippen LogP contribution in [0.1, 0.15) is 47.6 Å². The van der Waals surface area contributed by atoms with E-state index in [4.69, 9.17) is 21.4 Å². The van der Waals surface area contributed by atoms with Crippen LogP contribution in [0.4, 0.5) is 0 Å². The number of aliphatic carboxylic acids is 1. The van der Waals surface area contributed by atoms with Crippen LogP contribution in [-0.2, 0) is 22.4 Å². The van der Waals surface area contributed by atoms with Gasteiger partial charge in [0.1, 0.15) is 5.75 Å². The molecule has 1 aromatic heterocycles. The van der Waals surface area contributed by atoms with Crippen molar-refractivity contribution in [1.29, 1.82) is 0 Å². The Bertz CT molecular complexity index is 1650. The molecule has 8 nitrogen and oxygen atoms in total. The van der Waals surface area contributed by atoms with E-state index in [1.807, 2.05) is 48.5 Å². The molecule has 1 amide bonds. The van der Waals surface area contributed by atoms with Gasteiger partial charge in [0.15, 0.2) is 0 Å². The summed E-state index contributed by atoms with van der Waals surface area (Å²) >= 11 is 6.38. The minimum absolute atomic E-state index is 0.205. The van der Waals surface area contributed by atoms with Gasteiger partial charge in [-0.25, -0.2) is 5.01 Å². The normalized spacial score (nSPS) is 14.8. The highest BCUT2D eigenvalue weighted by molar-refractivity contribution is 6.31. The summed E-state index contributed by atoms with van der Waals surface area (Å²) in [7, 11) is 1.57. The Balaban J connectivity index is 1.60. The maximum atomic E-state index is 13.6. The lowest BCUT2D eigenvalue weighted by molar-refractivity contribution is -0.141. The standard InChI is InChI=1S/C31H28ClN3O5/c1-40-22-11-8-20(9-12-22)27-18-26(34-35(27)28(36)15-16-29(37)38)30-23(13-7-19-5-3-2-4-6-19)24-17-21(32)10-14-25(24)33-31(30)39/h2-6,8-12,14,17,27H,7,13,15-16,18H2,1H3,(H,33,39)(H,37,38). The third-order valence-electron chi connectivity index (χ3n) is 7.10. The Morgan fingerprint density at radius 1 is 1.05 bits per heavy atom. The highest BCUT2D eigenvalue weighted by Gasteiger charge is 2.35. The number of pyridine rings is 1. The number of hydrogen-bond acceptors (Lipinski definition) is 5. The fourth-order valence-corrected chi connectivity index (χ4v) is 5.29. The van der Waals surface area contributed by atoms with E-state index in [0.717, 1.165) is 22.1 Å². The minimum atomic E-state index is -1.07. The van der Waals surface area contributed by atoms with Crippen molar-refractivity contribution in [1.82, 2.24) is 9.99 Å². The number of ether oxygens (including phenoxy) is 1. The van der Waals surface area contributed by atoms with Gasteiger partial charge in [0.05, 0.1) is 30.8 Å². The number of rotatable bonds is 9. The molecule has 5 rings (SSSR count). The minimum Gasteiger partial charge on any atom is -0.497 e. The van der Waals surface area contributed by atoms with Gasteiger partial charge in [-0.2, -0.15) is 5.10 Å². The number of hydrogen-bond donors (Lipinski definition) is 2. The number of carbonyl (C=O) groups is 2. The zero-order chi connectivity index (χ0) is 28.2. The van der Waals surface area contributed by atoms with Crippen LogP contribution in [0.25, 0.3) is 10.9 Å². The predicted octanol–water partition coefficient (Wildman–Crippen LogP) is 5.52. The van der Waals surface area contributed by atoms with Crippen molar-refractivity contribution in [2.75, 3.05) is 7.11 Å². The van der Waals surface area contributed by atoms with Crippen LogP contribution in [0.5, 0.6) is 5.75 Å². The molecule has 4 aromatic rings. The molecule has 0 saturated heterocycles. The Labute approximate surface area is 235 Å². The second-order valence-corrected chi connectivity index (χ2v) is 10.1. The fourth-order valence-electron chi connectivity index (χ4n) is 5.12. The Hall–Kier alpha value is -4.43.